The lowest BCUT2D eigenvalue weighted by atomic mass is 10.1. The molecule has 1 aromatic carbocycles. The van der Waals surface area contributed by atoms with Crippen molar-refractivity contribution in [1.82, 2.24) is 15.5 Å². The number of aliphatic imine (C=N–C) groups is 1. The average molecular weight is 425 g/mol. The van der Waals surface area contributed by atoms with Crippen molar-refractivity contribution in [2.75, 3.05) is 34.2 Å². The van der Waals surface area contributed by atoms with E-state index in [0.29, 0.717) is 0 Å². The molecule has 0 spiro atoms. The largest absolute Gasteiger partial charge is 0.356 e. The molecule has 0 fully saturated rings. The zero-order valence-electron chi connectivity index (χ0n) is 13.2. The van der Waals surface area contributed by atoms with E-state index < -0.39 is 0 Å². The average Bonchev–Trinajstić information content (AvgIpc) is 2.44. The van der Waals surface area contributed by atoms with Crippen LogP contribution in [0.3, 0.4) is 0 Å². The molecule has 1 aromatic rings. The Morgan fingerprint density at radius 1 is 1.24 bits per heavy atom. The minimum Gasteiger partial charge on any atom is -0.356 e. The first-order chi connectivity index (χ1) is 9.58. The van der Waals surface area contributed by atoms with Crippen LogP contribution >= 0.6 is 35.6 Å². The number of likely N-dealkylation sites (N-methyl/N-ethyl adjacent to an activating group) is 1. The number of rotatable bonds is 6. The van der Waals surface area contributed by atoms with Crippen LogP contribution in [0.25, 0.3) is 0 Å². The first-order valence-electron chi connectivity index (χ1n) is 6.94. The van der Waals surface area contributed by atoms with Gasteiger partial charge in [-0.05, 0) is 38.2 Å². The standard InChI is InChI=1S/C15H25ClN4.HI/c1-5-10-18-15(17-2)19-11-14(20(3)4)12-6-8-13(16)9-7-12;/h6-9,14H,5,10-11H2,1-4H3,(H2,17,18,19);1H. The molecule has 0 aromatic heterocycles. The molecule has 0 amide bonds. The minimum absolute atomic E-state index is 0. The molecule has 0 saturated heterocycles. The Morgan fingerprint density at radius 2 is 1.86 bits per heavy atom. The summed E-state index contributed by atoms with van der Waals surface area (Å²) >= 11 is 5.94. The summed E-state index contributed by atoms with van der Waals surface area (Å²) in [6.45, 7) is 3.85. The van der Waals surface area contributed by atoms with E-state index in [0.717, 1.165) is 30.5 Å². The molecule has 0 aliphatic carbocycles. The molecule has 1 atom stereocenters. The Bertz CT molecular complexity index is 420. The molecular formula is C15H26ClIN4. The van der Waals surface area contributed by atoms with E-state index in [1.54, 1.807) is 7.05 Å². The summed E-state index contributed by atoms with van der Waals surface area (Å²) in [7, 11) is 5.93. The molecule has 2 N–H and O–H groups in total. The van der Waals surface area contributed by atoms with Gasteiger partial charge in [-0.25, -0.2) is 0 Å². The summed E-state index contributed by atoms with van der Waals surface area (Å²) < 4.78 is 0. The highest BCUT2D eigenvalue weighted by Crippen LogP contribution is 2.19. The van der Waals surface area contributed by atoms with Crippen LogP contribution in [0.15, 0.2) is 29.3 Å². The van der Waals surface area contributed by atoms with Crippen LogP contribution in [0.2, 0.25) is 5.02 Å². The molecule has 0 saturated carbocycles. The van der Waals surface area contributed by atoms with Crippen LogP contribution in [0.4, 0.5) is 0 Å². The fraction of sp³-hybridized carbons (Fsp3) is 0.533. The summed E-state index contributed by atoms with van der Waals surface area (Å²) in [4.78, 5) is 6.40. The van der Waals surface area contributed by atoms with Crippen LogP contribution in [-0.2, 0) is 0 Å². The van der Waals surface area contributed by atoms with Crippen molar-refractivity contribution in [3.63, 3.8) is 0 Å². The number of hydrogen-bond acceptors (Lipinski definition) is 2. The smallest absolute Gasteiger partial charge is 0.191 e. The van der Waals surface area contributed by atoms with Gasteiger partial charge in [0.15, 0.2) is 5.96 Å². The second-order valence-corrected chi connectivity index (χ2v) is 5.35. The van der Waals surface area contributed by atoms with Gasteiger partial charge in [0.05, 0.1) is 6.04 Å². The Morgan fingerprint density at radius 3 is 2.33 bits per heavy atom. The molecule has 120 valence electrons. The molecule has 1 unspecified atom stereocenters. The Labute approximate surface area is 150 Å². The Hall–Kier alpha value is -0.530. The van der Waals surface area contributed by atoms with E-state index >= 15 is 0 Å². The van der Waals surface area contributed by atoms with E-state index in [9.17, 15) is 0 Å². The maximum atomic E-state index is 5.94. The molecule has 0 radical (unpaired) electrons. The second kappa shape index (κ2) is 11.1. The first kappa shape index (κ1) is 20.5. The number of hydrogen-bond donors (Lipinski definition) is 2. The predicted octanol–water partition coefficient (Wildman–Crippen LogP) is 3.14. The zero-order chi connectivity index (χ0) is 15.0. The highest BCUT2D eigenvalue weighted by Gasteiger charge is 2.14. The number of nitrogens with one attached hydrogen (secondary N) is 2. The second-order valence-electron chi connectivity index (χ2n) is 4.91. The fourth-order valence-electron chi connectivity index (χ4n) is 1.94. The molecule has 0 heterocycles. The third-order valence-electron chi connectivity index (χ3n) is 3.11. The van der Waals surface area contributed by atoms with Crippen molar-refractivity contribution in [3.05, 3.63) is 34.9 Å². The molecular weight excluding hydrogens is 399 g/mol. The maximum Gasteiger partial charge on any atom is 0.191 e. The highest BCUT2D eigenvalue weighted by molar-refractivity contribution is 14.0. The van der Waals surface area contributed by atoms with Crippen molar-refractivity contribution in [3.8, 4) is 0 Å². The SMILES string of the molecule is CCCNC(=NC)NCC(c1ccc(Cl)cc1)N(C)C.I. The monoisotopic (exact) mass is 424 g/mol. The molecule has 1 rings (SSSR count). The first-order valence-corrected chi connectivity index (χ1v) is 7.32. The van der Waals surface area contributed by atoms with Crippen LogP contribution in [0.1, 0.15) is 24.9 Å². The maximum absolute atomic E-state index is 5.94. The molecule has 4 nitrogen and oxygen atoms in total. The third-order valence-corrected chi connectivity index (χ3v) is 3.36. The molecule has 0 aliphatic rings. The van der Waals surface area contributed by atoms with Gasteiger partial charge in [0.1, 0.15) is 0 Å². The lowest BCUT2D eigenvalue weighted by Gasteiger charge is -2.26. The highest BCUT2D eigenvalue weighted by atomic mass is 127. The van der Waals surface area contributed by atoms with Crippen LogP contribution in [-0.4, -0.2) is 45.1 Å². The summed E-state index contributed by atoms with van der Waals surface area (Å²) in [6, 6.07) is 8.26. The van der Waals surface area contributed by atoms with Crippen molar-refractivity contribution < 1.29 is 0 Å². The summed E-state index contributed by atoms with van der Waals surface area (Å²) in [5, 5.41) is 7.40. The van der Waals surface area contributed by atoms with Gasteiger partial charge in [0.25, 0.3) is 0 Å². The van der Waals surface area contributed by atoms with Crippen molar-refractivity contribution >= 4 is 41.5 Å². The van der Waals surface area contributed by atoms with Gasteiger partial charge in [0, 0.05) is 25.2 Å². The molecule has 0 bridgehead atoms. The minimum atomic E-state index is 0. The lowest BCUT2D eigenvalue weighted by molar-refractivity contribution is 0.298. The van der Waals surface area contributed by atoms with Crippen molar-refractivity contribution in [1.29, 1.82) is 0 Å². The van der Waals surface area contributed by atoms with Gasteiger partial charge in [-0.2, -0.15) is 0 Å². The number of halogens is 2. The van der Waals surface area contributed by atoms with Crippen LogP contribution in [0, 0.1) is 0 Å². The van der Waals surface area contributed by atoms with Gasteiger partial charge >= 0.3 is 0 Å². The Kier molecular flexibility index (Phi) is 10.8. The van der Waals surface area contributed by atoms with Crippen molar-refractivity contribution in [2.45, 2.75) is 19.4 Å². The number of nitrogens with zero attached hydrogens (tertiary/aromatic N) is 2. The summed E-state index contributed by atoms with van der Waals surface area (Å²) in [5.74, 6) is 0.840. The number of guanidine groups is 1. The molecule has 6 heteroatoms. The van der Waals surface area contributed by atoms with Gasteiger partial charge in [-0.3, -0.25) is 4.99 Å². The van der Waals surface area contributed by atoms with E-state index in [2.05, 4.69) is 53.7 Å². The lowest BCUT2D eigenvalue weighted by Crippen LogP contribution is -2.41. The van der Waals surface area contributed by atoms with Gasteiger partial charge in [-0.15, -0.1) is 24.0 Å². The van der Waals surface area contributed by atoms with Crippen LogP contribution in [0.5, 0.6) is 0 Å². The van der Waals surface area contributed by atoms with E-state index in [-0.39, 0.29) is 30.0 Å². The third kappa shape index (κ3) is 7.33. The van der Waals surface area contributed by atoms with Gasteiger partial charge in [0.2, 0.25) is 0 Å². The Balaban J connectivity index is 0.00000400. The van der Waals surface area contributed by atoms with Crippen LogP contribution < -0.4 is 10.6 Å². The zero-order valence-corrected chi connectivity index (χ0v) is 16.3. The predicted molar refractivity (Wildman–Crippen MR) is 103 cm³/mol. The van der Waals surface area contributed by atoms with E-state index in [4.69, 9.17) is 11.6 Å². The van der Waals surface area contributed by atoms with Gasteiger partial charge < -0.3 is 15.5 Å². The number of benzene rings is 1. The van der Waals surface area contributed by atoms with E-state index in [1.165, 1.54) is 5.56 Å². The summed E-state index contributed by atoms with van der Waals surface area (Å²) in [5.41, 5.74) is 1.23. The van der Waals surface area contributed by atoms with E-state index in [1.807, 2.05) is 12.1 Å². The quantitative estimate of drug-likeness (QED) is 0.419. The normalized spacial score (nSPS) is 12.8. The molecule has 21 heavy (non-hydrogen) atoms. The van der Waals surface area contributed by atoms with Crippen molar-refractivity contribution in [2.24, 2.45) is 4.99 Å². The summed E-state index contributed by atoms with van der Waals surface area (Å²) in [6.07, 6.45) is 1.08. The fourth-order valence-corrected chi connectivity index (χ4v) is 2.07. The molecule has 0 aliphatic heterocycles. The topological polar surface area (TPSA) is 39.7 Å². The van der Waals surface area contributed by atoms with Gasteiger partial charge in [-0.1, -0.05) is 30.7 Å².